The minimum absolute atomic E-state index is 0.0583. The molecule has 0 saturated heterocycles. The summed E-state index contributed by atoms with van der Waals surface area (Å²) in [6.45, 7) is 0. The maximum atomic E-state index is 11.7. The summed E-state index contributed by atoms with van der Waals surface area (Å²) in [4.78, 5) is 3.12. The Morgan fingerprint density at radius 1 is 1.50 bits per heavy atom. The number of hydrogen-bond acceptors (Lipinski definition) is 4. The second-order valence-corrected chi connectivity index (χ2v) is 2.21. The van der Waals surface area contributed by atoms with E-state index in [1.165, 1.54) is 0 Å². The molecule has 0 saturated carbocycles. The van der Waals surface area contributed by atoms with Gasteiger partial charge in [0, 0.05) is 12.3 Å². The molecule has 14 heavy (non-hydrogen) atoms. The van der Waals surface area contributed by atoms with E-state index in [2.05, 4.69) is 9.72 Å². The van der Waals surface area contributed by atoms with Gasteiger partial charge in [-0.05, 0) is 0 Å². The Morgan fingerprint density at radius 2 is 2.14 bits per heavy atom. The molecule has 4 nitrogen and oxygen atoms in total. The van der Waals surface area contributed by atoms with Crippen LogP contribution in [0.15, 0.2) is 12.3 Å². The number of pyridine rings is 1. The summed E-state index contributed by atoms with van der Waals surface area (Å²) in [5.41, 5.74) is -0.0583. The number of halogens is 3. The minimum Gasteiger partial charge on any atom is -0.503 e. The van der Waals surface area contributed by atoms with Crippen LogP contribution >= 0.6 is 0 Å². The zero-order valence-electron chi connectivity index (χ0n) is 6.54. The summed E-state index contributed by atoms with van der Waals surface area (Å²) < 4.78 is 38.4. The fourth-order valence-electron chi connectivity index (χ4n) is 0.690. The third-order valence-corrected chi connectivity index (χ3v) is 1.17. The molecule has 0 aromatic carbocycles. The first-order chi connectivity index (χ1) is 6.42. The van der Waals surface area contributed by atoms with Crippen molar-refractivity contribution >= 4 is 0 Å². The molecule has 0 aliphatic rings. The van der Waals surface area contributed by atoms with Gasteiger partial charge in [-0.3, -0.25) is 0 Å². The Balaban J connectivity index is 2.97. The molecule has 0 aliphatic heterocycles. The van der Waals surface area contributed by atoms with Crippen LogP contribution in [-0.2, 0) is 0 Å². The smallest absolute Gasteiger partial charge is 0.503 e. The van der Waals surface area contributed by atoms with Crippen LogP contribution in [0.4, 0.5) is 13.2 Å². The van der Waals surface area contributed by atoms with Crippen LogP contribution in [0.25, 0.3) is 0 Å². The van der Waals surface area contributed by atoms with Gasteiger partial charge in [-0.25, -0.2) is 4.98 Å². The molecule has 1 aromatic heterocycles. The van der Waals surface area contributed by atoms with E-state index in [0.717, 1.165) is 12.3 Å². The zero-order chi connectivity index (χ0) is 10.8. The largest absolute Gasteiger partial charge is 0.574 e. The number of aromatic hydroxyl groups is 1. The van der Waals surface area contributed by atoms with E-state index in [4.69, 9.17) is 10.4 Å². The maximum Gasteiger partial charge on any atom is 0.574 e. The van der Waals surface area contributed by atoms with Crippen molar-refractivity contribution in [3.63, 3.8) is 0 Å². The van der Waals surface area contributed by atoms with Gasteiger partial charge >= 0.3 is 6.36 Å². The van der Waals surface area contributed by atoms with Crippen LogP contribution in [0.5, 0.6) is 11.6 Å². The van der Waals surface area contributed by atoms with Crippen molar-refractivity contribution in [2.75, 3.05) is 0 Å². The van der Waals surface area contributed by atoms with Crippen LogP contribution in [0.3, 0.4) is 0 Å². The molecular weight excluding hydrogens is 201 g/mol. The topological polar surface area (TPSA) is 66.1 Å². The third-order valence-electron chi connectivity index (χ3n) is 1.17. The Hall–Kier alpha value is -1.97. The SMILES string of the molecule is N#Cc1cnc(OC(F)(F)F)c(O)c1. The van der Waals surface area contributed by atoms with Gasteiger partial charge in [-0.2, -0.15) is 5.26 Å². The van der Waals surface area contributed by atoms with Crippen LogP contribution in [0.2, 0.25) is 0 Å². The fraction of sp³-hybridized carbons (Fsp3) is 0.143. The lowest BCUT2D eigenvalue weighted by atomic mass is 10.3. The second kappa shape index (κ2) is 3.41. The summed E-state index contributed by atoms with van der Waals surface area (Å²) in [6, 6.07) is 2.43. The lowest BCUT2D eigenvalue weighted by molar-refractivity contribution is -0.276. The highest BCUT2D eigenvalue weighted by Crippen LogP contribution is 2.28. The summed E-state index contributed by atoms with van der Waals surface area (Å²) in [6.07, 6.45) is -4.06. The van der Waals surface area contributed by atoms with Gasteiger partial charge in [0.05, 0.1) is 5.56 Å². The highest BCUT2D eigenvalue weighted by molar-refractivity contribution is 5.39. The van der Waals surface area contributed by atoms with Crippen molar-refractivity contribution in [1.29, 1.82) is 5.26 Å². The lowest BCUT2D eigenvalue weighted by Crippen LogP contribution is -2.18. The third kappa shape index (κ3) is 2.52. The van der Waals surface area contributed by atoms with Crippen molar-refractivity contribution in [1.82, 2.24) is 4.98 Å². The first-order valence-electron chi connectivity index (χ1n) is 3.27. The van der Waals surface area contributed by atoms with Crippen molar-refractivity contribution in [2.45, 2.75) is 6.36 Å². The summed E-state index contributed by atoms with van der Waals surface area (Å²) in [5, 5.41) is 17.3. The zero-order valence-corrected chi connectivity index (χ0v) is 6.54. The first-order valence-corrected chi connectivity index (χ1v) is 3.27. The van der Waals surface area contributed by atoms with Crippen molar-refractivity contribution in [2.24, 2.45) is 0 Å². The number of hydrogen-bond donors (Lipinski definition) is 1. The number of rotatable bonds is 1. The maximum absolute atomic E-state index is 11.7. The number of nitriles is 1. The Morgan fingerprint density at radius 3 is 2.57 bits per heavy atom. The molecule has 7 heteroatoms. The van der Waals surface area contributed by atoms with E-state index >= 15 is 0 Å². The molecule has 0 atom stereocenters. The van der Waals surface area contributed by atoms with Crippen LogP contribution in [0, 0.1) is 11.3 Å². The van der Waals surface area contributed by atoms with Gasteiger partial charge in [0.1, 0.15) is 6.07 Å². The standard InChI is InChI=1S/C7H3F3N2O2/c8-7(9,10)14-6-5(13)1-4(2-11)3-12-6/h1,3,13H. The molecular formula is C7H3F3N2O2. The Bertz CT molecular complexity index is 384. The highest BCUT2D eigenvalue weighted by Gasteiger charge is 2.33. The second-order valence-electron chi connectivity index (χ2n) is 2.21. The monoisotopic (exact) mass is 204 g/mol. The van der Waals surface area contributed by atoms with E-state index in [9.17, 15) is 13.2 Å². The van der Waals surface area contributed by atoms with Crippen LogP contribution < -0.4 is 4.74 Å². The van der Waals surface area contributed by atoms with E-state index in [-0.39, 0.29) is 5.56 Å². The molecule has 0 spiro atoms. The van der Waals surface area contributed by atoms with Crippen molar-refractivity contribution < 1.29 is 23.0 Å². The van der Waals surface area contributed by atoms with Crippen molar-refractivity contribution in [3.05, 3.63) is 17.8 Å². The van der Waals surface area contributed by atoms with E-state index in [1.807, 2.05) is 0 Å². The molecule has 0 radical (unpaired) electrons. The van der Waals surface area contributed by atoms with Crippen molar-refractivity contribution in [3.8, 4) is 17.7 Å². The number of nitrogens with zero attached hydrogens (tertiary/aromatic N) is 2. The quantitative estimate of drug-likeness (QED) is 0.753. The minimum atomic E-state index is -4.92. The van der Waals surface area contributed by atoms with E-state index < -0.39 is 18.0 Å². The first kappa shape index (κ1) is 10.1. The number of aromatic nitrogens is 1. The Labute approximate surface area is 76.2 Å². The fourth-order valence-corrected chi connectivity index (χ4v) is 0.690. The predicted molar refractivity (Wildman–Crippen MR) is 37.3 cm³/mol. The van der Waals surface area contributed by atoms with Gasteiger partial charge in [0.15, 0.2) is 5.75 Å². The normalized spacial score (nSPS) is 10.7. The average Bonchev–Trinajstić information content (AvgIpc) is 2.06. The molecule has 0 unspecified atom stereocenters. The molecule has 0 amide bonds. The molecule has 74 valence electrons. The Kier molecular flexibility index (Phi) is 2.47. The summed E-state index contributed by atoms with van der Waals surface area (Å²) in [7, 11) is 0. The summed E-state index contributed by atoms with van der Waals surface area (Å²) >= 11 is 0. The van der Waals surface area contributed by atoms with Gasteiger partial charge < -0.3 is 9.84 Å². The van der Waals surface area contributed by atoms with Gasteiger partial charge in [0.25, 0.3) is 5.88 Å². The highest BCUT2D eigenvalue weighted by atomic mass is 19.4. The van der Waals surface area contributed by atoms with Crippen LogP contribution in [-0.4, -0.2) is 16.5 Å². The molecule has 0 bridgehead atoms. The predicted octanol–water partition coefficient (Wildman–Crippen LogP) is 1.56. The van der Waals surface area contributed by atoms with Crippen LogP contribution in [0.1, 0.15) is 5.56 Å². The van der Waals surface area contributed by atoms with Gasteiger partial charge in [-0.1, -0.05) is 0 Å². The number of ether oxygens (including phenoxy) is 1. The van der Waals surface area contributed by atoms with Gasteiger partial charge in [-0.15, -0.1) is 13.2 Å². The van der Waals surface area contributed by atoms with E-state index in [0.29, 0.717) is 0 Å². The molecule has 1 N–H and O–H groups in total. The van der Waals surface area contributed by atoms with E-state index in [1.54, 1.807) is 6.07 Å². The molecule has 1 aromatic rings. The summed E-state index contributed by atoms with van der Waals surface area (Å²) in [5.74, 6) is -1.81. The molecule has 1 heterocycles. The van der Waals surface area contributed by atoms with Gasteiger partial charge in [0.2, 0.25) is 0 Å². The lowest BCUT2D eigenvalue weighted by Gasteiger charge is -2.08. The average molecular weight is 204 g/mol. The number of alkyl halides is 3. The molecule has 0 fully saturated rings. The molecule has 1 rings (SSSR count). The molecule has 0 aliphatic carbocycles.